The molecule has 28 heavy (non-hydrogen) atoms. The number of fused-ring (bicyclic) bond motifs is 1. The van der Waals surface area contributed by atoms with Crippen LogP contribution in [-0.4, -0.2) is 41.6 Å². The Morgan fingerprint density at radius 1 is 1.14 bits per heavy atom. The van der Waals surface area contributed by atoms with E-state index in [1.165, 1.54) is 16.0 Å². The Labute approximate surface area is 180 Å². The molecule has 2 aromatic rings. The SMILES string of the molecule is CN(CCCC1(c2ccccc2)COc2ccccc21)C(=O)OCC(Cl)(Cl)Cl. The van der Waals surface area contributed by atoms with Gasteiger partial charge in [0.05, 0.1) is 5.41 Å². The predicted molar refractivity (Wildman–Crippen MR) is 113 cm³/mol. The molecule has 1 unspecified atom stereocenters. The van der Waals surface area contributed by atoms with Gasteiger partial charge in [-0.1, -0.05) is 83.3 Å². The van der Waals surface area contributed by atoms with E-state index in [0.29, 0.717) is 13.2 Å². The zero-order valence-corrected chi connectivity index (χ0v) is 17.8. The van der Waals surface area contributed by atoms with Gasteiger partial charge in [-0.25, -0.2) is 4.79 Å². The molecular formula is C21H22Cl3NO3. The molecule has 4 nitrogen and oxygen atoms in total. The highest BCUT2D eigenvalue weighted by atomic mass is 35.6. The molecule has 0 bridgehead atoms. The number of ether oxygens (including phenoxy) is 2. The molecule has 0 radical (unpaired) electrons. The van der Waals surface area contributed by atoms with E-state index in [1.54, 1.807) is 7.05 Å². The topological polar surface area (TPSA) is 38.8 Å². The van der Waals surface area contributed by atoms with Crippen LogP contribution in [0.1, 0.15) is 24.0 Å². The Morgan fingerprint density at radius 2 is 1.82 bits per heavy atom. The molecule has 2 aromatic carbocycles. The van der Waals surface area contributed by atoms with Crippen molar-refractivity contribution in [3.63, 3.8) is 0 Å². The van der Waals surface area contributed by atoms with Crippen LogP contribution in [-0.2, 0) is 10.2 Å². The summed E-state index contributed by atoms with van der Waals surface area (Å²) in [4.78, 5) is 13.6. The van der Waals surface area contributed by atoms with Crippen LogP contribution in [0, 0.1) is 0 Å². The average Bonchev–Trinajstić information content (AvgIpc) is 3.06. The van der Waals surface area contributed by atoms with Crippen LogP contribution in [0.2, 0.25) is 0 Å². The fourth-order valence-corrected chi connectivity index (χ4v) is 3.74. The first-order valence-electron chi connectivity index (χ1n) is 9.04. The molecule has 0 saturated carbocycles. The quantitative estimate of drug-likeness (QED) is 0.548. The van der Waals surface area contributed by atoms with E-state index in [2.05, 4.69) is 18.2 Å². The van der Waals surface area contributed by atoms with Gasteiger partial charge < -0.3 is 14.4 Å². The van der Waals surface area contributed by atoms with Gasteiger partial charge in [0.1, 0.15) is 19.0 Å². The van der Waals surface area contributed by atoms with Gasteiger partial charge in [-0.05, 0) is 24.5 Å². The molecule has 0 aromatic heterocycles. The maximum Gasteiger partial charge on any atom is 0.409 e. The second kappa shape index (κ2) is 8.81. The molecule has 0 saturated heterocycles. The molecule has 0 N–H and O–H groups in total. The van der Waals surface area contributed by atoms with Gasteiger partial charge in [0, 0.05) is 19.2 Å². The lowest BCUT2D eigenvalue weighted by Crippen LogP contribution is -2.34. The molecule has 1 aliphatic rings. The number of alkyl halides is 3. The molecule has 1 atom stereocenters. The first-order valence-corrected chi connectivity index (χ1v) is 10.2. The molecule has 150 valence electrons. The summed E-state index contributed by atoms with van der Waals surface area (Å²) in [5.74, 6) is 0.918. The Bertz CT molecular complexity index is 810. The molecule has 7 heteroatoms. The second-order valence-corrected chi connectivity index (χ2v) is 9.44. The minimum absolute atomic E-state index is 0.236. The van der Waals surface area contributed by atoms with Crippen molar-refractivity contribution in [2.75, 3.05) is 26.8 Å². The zero-order chi connectivity index (χ0) is 20.2. The highest BCUT2D eigenvalue weighted by molar-refractivity contribution is 6.67. The number of nitrogens with zero attached hydrogens (tertiary/aromatic N) is 1. The van der Waals surface area contributed by atoms with Gasteiger partial charge in [0.15, 0.2) is 0 Å². The van der Waals surface area contributed by atoms with Crippen molar-refractivity contribution in [1.82, 2.24) is 4.90 Å². The van der Waals surface area contributed by atoms with Crippen LogP contribution in [0.4, 0.5) is 4.79 Å². The van der Waals surface area contributed by atoms with Crippen molar-refractivity contribution in [2.45, 2.75) is 22.0 Å². The van der Waals surface area contributed by atoms with Gasteiger partial charge in [-0.15, -0.1) is 0 Å². The lowest BCUT2D eigenvalue weighted by atomic mass is 9.73. The number of benzene rings is 2. The fraction of sp³-hybridized carbons (Fsp3) is 0.381. The molecule has 1 aliphatic heterocycles. The fourth-order valence-electron chi connectivity index (χ4n) is 3.58. The van der Waals surface area contributed by atoms with E-state index in [-0.39, 0.29) is 12.0 Å². The van der Waals surface area contributed by atoms with Gasteiger partial charge in [-0.2, -0.15) is 0 Å². The summed E-state index contributed by atoms with van der Waals surface area (Å²) >= 11 is 16.9. The van der Waals surface area contributed by atoms with Crippen molar-refractivity contribution in [3.05, 3.63) is 65.7 Å². The summed E-state index contributed by atoms with van der Waals surface area (Å²) in [6, 6.07) is 18.5. The van der Waals surface area contributed by atoms with E-state index in [0.717, 1.165) is 18.6 Å². The van der Waals surface area contributed by atoms with Gasteiger partial charge in [0.25, 0.3) is 0 Å². The first-order chi connectivity index (χ1) is 13.3. The minimum atomic E-state index is -1.61. The van der Waals surface area contributed by atoms with E-state index >= 15 is 0 Å². The van der Waals surface area contributed by atoms with Crippen LogP contribution < -0.4 is 4.74 Å². The van der Waals surface area contributed by atoms with Crippen LogP contribution in [0.5, 0.6) is 5.75 Å². The number of rotatable bonds is 6. The molecular weight excluding hydrogens is 421 g/mol. The third-order valence-corrected chi connectivity index (χ3v) is 5.30. The monoisotopic (exact) mass is 441 g/mol. The minimum Gasteiger partial charge on any atom is -0.492 e. The Balaban J connectivity index is 1.69. The lowest BCUT2D eigenvalue weighted by Gasteiger charge is -2.30. The summed E-state index contributed by atoms with van der Waals surface area (Å²) < 4.78 is 9.41. The number of amides is 1. The number of hydrogen-bond donors (Lipinski definition) is 0. The Hall–Kier alpha value is -1.62. The smallest absolute Gasteiger partial charge is 0.409 e. The maximum absolute atomic E-state index is 12.1. The predicted octanol–water partition coefficient (Wildman–Crippen LogP) is 5.58. The highest BCUT2D eigenvalue weighted by Gasteiger charge is 2.41. The highest BCUT2D eigenvalue weighted by Crippen LogP contribution is 2.46. The summed E-state index contributed by atoms with van der Waals surface area (Å²) in [5, 5.41) is 0. The third-order valence-electron chi connectivity index (χ3n) is 4.97. The van der Waals surface area contributed by atoms with Crippen LogP contribution >= 0.6 is 34.8 Å². The summed E-state index contributed by atoms with van der Waals surface area (Å²) in [6.45, 7) is 0.823. The average molecular weight is 443 g/mol. The standard InChI is InChI=1S/C21H22Cl3NO3/c1-25(19(26)28-15-21(22,23)24)13-7-12-20(16-8-3-2-4-9-16)14-27-18-11-6-5-10-17(18)20/h2-6,8-11H,7,12-15H2,1H3. The van der Waals surface area contributed by atoms with E-state index in [9.17, 15) is 4.79 Å². The van der Waals surface area contributed by atoms with E-state index < -0.39 is 9.89 Å². The number of carbonyl (C=O) groups excluding carboxylic acids is 1. The van der Waals surface area contributed by atoms with Crippen LogP contribution in [0.3, 0.4) is 0 Å². The summed E-state index contributed by atoms with van der Waals surface area (Å²) in [6.07, 6.45) is 1.09. The zero-order valence-electron chi connectivity index (χ0n) is 15.5. The Kier molecular flexibility index (Phi) is 6.64. The Morgan fingerprint density at radius 3 is 2.54 bits per heavy atom. The number of carbonyl (C=O) groups is 1. The van der Waals surface area contributed by atoms with Gasteiger partial charge in [0.2, 0.25) is 3.79 Å². The largest absolute Gasteiger partial charge is 0.492 e. The molecule has 0 fully saturated rings. The normalized spacial score (nSPS) is 18.3. The van der Waals surface area contributed by atoms with Crippen molar-refractivity contribution in [3.8, 4) is 5.75 Å². The van der Waals surface area contributed by atoms with Crippen molar-refractivity contribution in [2.24, 2.45) is 0 Å². The van der Waals surface area contributed by atoms with Crippen LogP contribution in [0.25, 0.3) is 0 Å². The van der Waals surface area contributed by atoms with Crippen molar-refractivity contribution < 1.29 is 14.3 Å². The van der Waals surface area contributed by atoms with Gasteiger partial charge >= 0.3 is 6.09 Å². The van der Waals surface area contributed by atoms with Crippen LogP contribution in [0.15, 0.2) is 54.6 Å². The number of halogens is 3. The number of hydrogen-bond acceptors (Lipinski definition) is 3. The lowest BCUT2D eigenvalue weighted by molar-refractivity contribution is 0.111. The third kappa shape index (κ3) is 4.86. The van der Waals surface area contributed by atoms with E-state index in [1.807, 2.05) is 36.4 Å². The number of para-hydroxylation sites is 1. The van der Waals surface area contributed by atoms with Gasteiger partial charge in [-0.3, -0.25) is 0 Å². The molecule has 0 aliphatic carbocycles. The molecule has 1 amide bonds. The molecule has 3 rings (SSSR count). The maximum atomic E-state index is 12.1. The van der Waals surface area contributed by atoms with Crippen molar-refractivity contribution >= 4 is 40.9 Å². The molecule has 0 spiro atoms. The van der Waals surface area contributed by atoms with E-state index in [4.69, 9.17) is 44.3 Å². The first kappa shape index (κ1) is 21.1. The second-order valence-electron chi connectivity index (χ2n) is 6.93. The summed E-state index contributed by atoms with van der Waals surface area (Å²) in [5.41, 5.74) is 2.16. The van der Waals surface area contributed by atoms with Crippen molar-refractivity contribution in [1.29, 1.82) is 0 Å². The summed E-state index contributed by atoms with van der Waals surface area (Å²) in [7, 11) is 1.68. The molecule has 1 heterocycles.